The van der Waals surface area contributed by atoms with E-state index in [4.69, 9.17) is 9.47 Å². The predicted octanol–water partition coefficient (Wildman–Crippen LogP) is 11.2. The molecule has 0 bridgehead atoms. The topological polar surface area (TPSA) is 21.5 Å². The summed E-state index contributed by atoms with van der Waals surface area (Å²) < 4.78 is 52.9. The molecular weight excluding hydrogens is 685 g/mol. The molecule has 276 valence electrons. The lowest BCUT2D eigenvalue weighted by Crippen LogP contribution is -2.46. The van der Waals surface area contributed by atoms with E-state index in [2.05, 4.69) is 181 Å². The lowest BCUT2D eigenvalue weighted by Gasteiger charge is -2.38. The largest absolute Gasteiger partial charge is 0.673 e. The number of ether oxygens (including phenoxy) is 2. The smallest absolute Gasteiger partial charge is 0.497 e. The zero-order valence-corrected chi connectivity index (χ0v) is 30.4. The summed E-state index contributed by atoms with van der Waals surface area (Å²) in [6.07, 6.45) is 4.76. The molecule has 2 atom stereocenters. The number of rotatable bonds is 11. The molecule has 0 amide bonds. The Hall–Kier alpha value is -5.63. The van der Waals surface area contributed by atoms with Gasteiger partial charge < -0.3 is 26.7 Å². The molecule has 1 heterocycles. The summed E-state index contributed by atoms with van der Waals surface area (Å²) in [6, 6.07) is 61.9. The quantitative estimate of drug-likeness (QED) is 0.0573. The molecular formula is C46H44BF4NO2. The van der Waals surface area contributed by atoms with Crippen LogP contribution in [0.1, 0.15) is 58.1 Å². The van der Waals surface area contributed by atoms with Crippen LogP contribution in [0.5, 0.6) is 11.5 Å². The van der Waals surface area contributed by atoms with Gasteiger partial charge in [-0.05, 0) is 57.6 Å². The fraction of sp³-hybridized carbons (Fsp3) is 0.196. The highest BCUT2D eigenvalue weighted by Crippen LogP contribution is 2.47. The van der Waals surface area contributed by atoms with E-state index in [1.165, 1.54) is 33.4 Å². The van der Waals surface area contributed by atoms with Crippen molar-refractivity contribution in [2.45, 2.75) is 36.1 Å². The highest BCUT2D eigenvalue weighted by atomic mass is 19.5. The van der Waals surface area contributed by atoms with Crippen molar-refractivity contribution in [3.8, 4) is 11.5 Å². The summed E-state index contributed by atoms with van der Waals surface area (Å²) in [6.45, 7) is 0.986. The van der Waals surface area contributed by atoms with Crippen molar-refractivity contribution >= 4 is 13.5 Å². The molecule has 1 saturated heterocycles. The van der Waals surface area contributed by atoms with E-state index in [1.807, 2.05) is 0 Å². The summed E-state index contributed by atoms with van der Waals surface area (Å²) in [4.78, 5) is 0. The number of benzene rings is 6. The van der Waals surface area contributed by atoms with Crippen molar-refractivity contribution in [2.75, 3.05) is 20.8 Å². The molecule has 0 radical (unpaired) electrons. The molecule has 0 unspecified atom stereocenters. The molecule has 3 nitrogen and oxygen atoms in total. The highest BCUT2D eigenvalue weighted by Gasteiger charge is 2.52. The maximum absolute atomic E-state index is 9.75. The van der Waals surface area contributed by atoms with Gasteiger partial charge in [-0.25, -0.2) is 4.58 Å². The monoisotopic (exact) mass is 729 g/mol. The van der Waals surface area contributed by atoms with Gasteiger partial charge in [-0.3, -0.25) is 0 Å². The van der Waals surface area contributed by atoms with Gasteiger partial charge in [-0.1, -0.05) is 146 Å². The standard InChI is InChI=1S/C46H44NO2.BF4/c1-48-41-29-25-36(26-30-41)45(37-27-31-42(49-2)32-28-37)43(35-16-7-3-8-17-35)34-47-33-15-24-44(47)46(38-18-9-4-10-19-38,39-20-11-5-12-21-39)40-22-13-6-14-23-40;2-1(3,4)5/h3-14,16-23,25-32,34,43-45H,15,24,33H2,1-2H3;/q+1;-1/t43-,44+;/m0./s1. The third-order valence-corrected chi connectivity index (χ3v) is 10.3. The van der Waals surface area contributed by atoms with Gasteiger partial charge in [0.05, 0.1) is 20.1 Å². The third kappa shape index (κ3) is 8.76. The maximum atomic E-state index is 9.75. The molecule has 1 fully saturated rings. The van der Waals surface area contributed by atoms with Crippen LogP contribution in [0.2, 0.25) is 0 Å². The lowest BCUT2D eigenvalue weighted by molar-refractivity contribution is -0.548. The lowest BCUT2D eigenvalue weighted by atomic mass is 9.64. The number of hydrogen-bond donors (Lipinski definition) is 0. The predicted molar refractivity (Wildman–Crippen MR) is 211 cm³/mol. The molecule has 6 aromatic carbocycles. The fourth-order valence-electron chi connectivity index (χ4n) is 8.09. The van der Waals surface area contributed by atoms with Crippen molar-refractivity contribution < 1.29 is 31.3 Å². The summed E-state index contributed by atoms with van der Waals surface area (Å²) in [7, 11) is -2.55. The summed E-state index contributed by atoms with van der Waals surface area (Å²) in [5.41, 5.74) is 7.34. The molecule has 0 spiro atoms. The van der Waals surface area contributed by atoms with Crippen LogP contribution in [-0.4, -0.2) is 44.9 Å². The molecule has 1 aliphatic rings. The van der Waals surface area contributed by atoms with Gasteiger partial charge >= 0.3 is 7.25 Å². The summed E-state index contributed by atoms with van der Waals surface area (Å²) in [5, 5.41) is 0. The van der Waals surface area contributed by atoms with Gasteiger partial charge in [-0.15, -0.1) is 0 Å². The van der Waals surface area contributed by atoms with Gasteiger partial charge in [0.2, 0.25) is 0 Å². The van der Waals surface area contributed by atoms with Crippen LogP contribution in [0.4, 0.5) is 17.3 Å². The maximum Gasteiger partial charge on any atom is 0.673 e. The number of halogens is 4. The second kappa shape index (κ2) is 17.5. The first kappa shape index (κ1) is 38.1. The van der Waals surface area contributed by atoms with E-state index in [9.17, 15) is 17.3 Å². The number of hydrogen-bond acceptors (Lipinski definition) is 2. The fourth-order valence-corrected chi connectivity index (χ4v) is 8.09. The van der Waals surface area contributed by atoms with E-state index < -0.39 is 7.25 Å². The average Bonchev–Trinajstić information content (AvgIpc) is 3.67. The van der Waals surface area contributed by atoms with E-state index in [0.717, 1.165) is 30.9 Å². The van der Waals surface area contributed by atoms with Crippen molar-refractivity contribution in [1.82, 2.24) is 0 Å². The Morgan fingerprint density at radius 3 is 1.30 bits per heavy atom. The average molecular weight is 730 g/mol. The normalized spacial score (nSPS) is 15.7. The first-order valence-electron chi connectivity index (χ1n) is 18.2. The second-order valence-corrected chi connectivity index (χ2v) is 13.4. The molecule has 0 aromatic heterocycles. The van der Waals surface area contributed by atoms with Gasteiger partial charge in [0.15, 0.2) is 6.04 Å². The molecule has 7 rings (SSSR count). The zero-order chi connectivity index (χ0) is 38.0. The van der Waals surface area contributed by atoms with E-state index in [1.54, 1.807) is 14.2 Å². The van der Waals surface area contributed by atoms with Crippen LogP contribution in [0, 0.1) is 0 Å². The van der Waals surface area contributed by atoms with Crippen LogP contribution in [-0.2, 0) is 5.41 Å². The molecule has 0 saturated carbocycles. The second-order valence-electron chi connectivity index (χ2n) is 13.4. The van der Waals surface area contributed by atoms with Crippen LogP contribution in [0.3, 0.4) is 0 Å². The first-order chi connectivity index (χ1) is 26.2. The Labute approximate surface area is 315 Å². The minimum atomic E-state index is -6.00. The van der Waals surface area contributed by atoms with Gasteiger partial charge in [-0.2, -0.15) is 0 Å². The van der Waals surface area contributed by atoms with Gasteiger partial charge in [0, 0.05) is 18.8 Å². The minimum Gasteiger partial charge on any atom is -0.497 e. The minimum absolute atomic E-state index is 0.0556. The molecule has 6 aromatic rings. The SMILES string of the molecule is COc1ccc(C(c2ccc(OC)cc2)[C@@H](C=[N+]2CCC[C@@H]2C(c2ccccc2)(c2ccccc2)c2ccccc2)c2ccccc2)cc1.F[B-](F)(F)F. The van der Waals surface area contributed by atoms with Crippen molar-refractivity contribution in [2.24, 2.45) is 0 Å². The van der Waals surface area contributed by atoms with Crippen LogP contribution in [0.25, 0.3) is 0 Å². The van der Waals surface area contributed by atoms with Crippen LogP contribution < -0.4 is 9.47 Å². The highest BCUT2D eigenvalue weighted by molar-refractivity contribution is 6.50. The number of nitrogens with zero attached hydrogens (tertiary/aromatic N) is 1. The third-order valence-electron chi connectivity index (χ3n) is 10.3. The van der Waals surface area contributed by atoms with Crippen LogP contribution in [0.15, 0.2) is 170 Å². The molecule has 8 heteroatoms. The van der Waals surface area contributed by atoms with Crippen molar-refractivity contribution in [1.29, 1.82) is 0 Å². The molecule has 0 N–H and O–H groups in total. The van der Waals surface area contributed by atoms with Gasteiger partial charge in [0.1, 0.15) is 29.7 Å². The Kier molecular flexibility index (Phi) is 12.3. The number of methoxy groups -OCH3 is 2. The molecule has 54 heavy (non-hydrogen) atoms. The summed E-state index contributed by atoms with van der Waals surface area (Å²) in [5.74, 6) is 1.83. The van der Waals surface area contributed by atoms with Crippen LogP contribution >= 0.6 is 0 Å². The Bertz CT molecular complexity index is 1910. The van der Waals surface area contributed by atoms with E-state index >= 15 is 0 Å². The molecule has 1 aliphatic heterocycles. The first-order valence-corrected chi connectivity index (χ1v) is 18.2. The van der Waals surface area contributed by atoms with Crippen molar-refractivity contribution in [3.05, 3.63) is 203 Å². The van der Waals surface area contributed by atoms with E-state index in [-0.39, 0.29) is 23.3 Å². The van der Waals surface area contributed by atoms with Crippen molar-refractivity contribution in [3.63, 3.8) is 0 Å². The summed E-state index contributed by atoms with van der Waals surface area (Å²) >= 11 is 0. The zero-order valence-electron chi connectivity index (χ0n) is 30.4. The Morgan fingerprint density at radius 1 is 0.556 bits per heavy atom. The van der Waals surface area contributed by atoms with E-state index in [0.29, 0.717) is 0 Å². The van der Waals surface area contributed by atoms with Gasteiger partial charge in [0.25, 0.3) is 0 Å². The Balaban J connectivity index is 0.000000934. The molecule has 0 aliphatic carbocycles. The Morgan fingerprint density at radius 2 is 0.926 bits per heavy atom.